The zero-order valence-electron chi connectivity index (χ0n) is 13.6. The number of carbonyl (C=O) groups excluding carboxylic acids is 1. The van der Waals surface area contributed by atoms with Gasteiger partial charge in [-0.3, -0.25) is 4.79 Å². The van der Waals surface area contributed by atoms with Gasteiger partial charge in [-0.1, -0.05) is 36.0 Å². The van der Waals surface area contributed by atoms with E-state index in [2.05, 4.69) is 15.3 Å². The molecule has 0 bridgehead atoms. The standard InChI is InChI=1S/C18H11F3N4OS/c19-18(20,21)17-24-14-7-2-1-6-13(14)16(25-17)27-10-15(26)23-12-5-3-4-11(8-12)9-22/h1-8H,10H2,(H,23,26). The van der Waals surface area contributed by atoms with E-state index >= 15 is 0 Å². The van der Waals surface area contributed by atoms with Crippen LogP contribution in [0, 0.1) is 11.3 Å². The second-order valence-electron chi connectivity index (χ2n) is 5.40. The van der Waals surface area contributed by atoms with Gasteiger partial charge in [0.1, 0.15) is 5.03 Å². The van der Waals surface area contributed by atoms with Gasteiger partial charge in [-0.05, 0) is 24.3 Å². The Labute approximate surface area is 156 Å². The molecule has 1 heterocycles. The number of halogens is 3. The molecular formula is C18H11F3N4OS. The summed E-state index contributed by atoms with van der Waals surface area (Å²) in [6, 6.07) is 14.6. The SMILES string of the molecule is N#Cc1cccc(NC(=O)CSc2nc(C(F)(F)F)nc3ccccc23)c1. The van der Waals surface area contributed by atoms with E-state index in [9.17, 15) is 18.0 Å². The first-order chi connectivity index (χ1) is 12.9. The van der Waals surface area contributed by atoms with Crippen molar-refractivity contribution in [1.82, 2.24) is 9.97 Å². The van der Waals surface area contributed by atoms with Crippen LogP contribution in [0.2, 0.25) is 0 Å². The Hall–Kier alpha value is -3.12. The van der Waals surface area contributed by atoms with Crippen molar-refractivity contribution in [3.8, 4) is 6.07 Å². The van der Waals surface area contributed by atoms with E-state index in [1.807, 2.05) is 6.07 Å². The molecule has 0 aliphatic rings. The topological polar surface area (TPSA) is 78.7 Å². The zero-order chi connectivity index (χ0) is 19.4. The van der Waals surface area contributed by atoms with E-state index < -0.39 is 17.9 Å². The first kappa shape index (κ1) is 18.7. The van der Waals surface area contributed by atoms with Crippen LogP contribution >= 0.6 is 11.8 Å². The smallest absolute Gasteiger partial charge is 0.325 e. The summed E-state index contributed by atoms with van der Waals surface area (Å²) in [6.07, 6.45) is -4.68. The lowest BCUT2D eigenvalue weighted by Crippen LogP contribution is -2.15. The van der Waals surface area contributed by atoms with Crippen LogP contribution in [0.1, 0.15) is 11.4 Å². The molecule has 1 amide bonds. The van der Waals surface area contributed by atoms with Gasteiger partial charge in [0.25, 0.3) is 0 Å². The molecule has 27 heavy (non-hydrogen) atoms. The largest absolute Gasteiger partial charge is 0.451 e. The van der Waals surface area contributed by atoms with Gasteiger partial charge < -0.3 is 5.32 Å². The minimum Gasteiger partial charge on any atom is -0.325 e. The lowest BCUT2D eigenvalue weighted by molar-refractivity contribution is -0.145. The Bertz CT molecular complexity index is 1050. The number of fused-ring (bicyclic) bond motifs is 1. The number of hydrogen-bond donors (Lipinski definition) is 1. The van der Waals surface area contributed by atoms with E-state index in [0.717, 1.165) is 11.8 Å². The maximum atomic E-state index is 13.0. The molecule has 0 atom stereocenters. The highest BCUT2D eigenvalue weighted by molar-refractivity contribution is 8.00. The first-order valence-electron chi connectivity index (χ1n) is 7.63. The van der Waals surface area contributed by atoms with Crippen LogP contribution in [0.5, 0.6) is 0 Å². The van der Waals surface area contributed by atoms with E-state index in [1.54, 1.807) is 36.4 Å². The van der Waals surface area contributed by atoms with Crippen LogP contribution in [0.25, 0.3) is 10.9 Å². The van der Waals surface area contributed by atoms with Gasteiger partial charge in [0.05, 0.1) is 22.9 Å². The quantitative estimate of drug-likeness (QED) is 0.534. The van der Waals surface area contributed by atoms with Gasteiger partial charge in [-0.15, -0.1) is 0 Å². The average Bonchev–Trinajstić information content (AvgIpc) is 2.65. The molecule has 0 radical (unpaired) electrons. The molecule has 3 rings (SSSR count). The number of para-hydroxylation sites is 1. The van der Waals surface area contributed by atoms with Crippen molar-refractivity contribution in [2.75, 3.05) is 11.1 Å². The predicted octanol–water partition coefficient (Wildman–Crippen LogP) is 4.25. The third kappa shape index (κ3) is 4.54. The number of hydrogen-bond acceptors (Lipinski definition) is 5. The van der Waals surface area contributed by atoms with E-state index in [0.29, 0.717) is 16.6 Å². The van der Waals surface area contributed by atoms with Crippen molar-refractivity contribution in [2.45, 2.75) is 11.2 Å². The number of amides is 1. The maximum absolute atomic E-state index is 13.0. The second kappa shape index (κ2) is 7.63. The Morgan fingerprint density at radius 1 is 1.15 bits per heavy atom. The number of rotatable bonds is 4. The second-order valence-corrected chi connectivity index (χ2v) is 6.36. The third-order valence-corrected chi connectivity index (χ3v) is 4.43. The van der Waals surface area contributed by atoms with Crippen molar-refractivity contribution >= 4 is 34.3 Å². The summed E-state index contributed by atoms with van der Waals surface area (Å²) >= 11 is 0.889. The Morgan fingerprint density at radius 2 is 1.93 bits per heavy atom. The third-order valence-electron chi connectivity index (χ3n) is 3.44. The molecule has 0 saturated heterocycles. The van der Waals surface area contributed by atoms with Crippen LogP contribution < -0.4 is 5.32 Å². The monoisotopic (exact) mass is 388 g/mol. The first-order valence-corrected chi connectivity index (χ1v) is 8.62. The van der Waals surface area contributed by atoms with Gasteiger partial charge in [0.15, 0.2) is 0 Å². The van der Waals surface area contributed by atoms with Crippen molar-refractivity contribution in [3.63, 3.8) is 0 Å². The van der Waals surface area contributed by atoms with Crippen LogP contribution in [0.3, 0.4) is 0 Å². The van der Waals surface area contributed by atoms with Crippen molar-refractivity contribution in [2.24, 2.45) is 0 Å². The summed E-state index contributed by atoms with van der Waals surface area (Å²) in [4.78, 5) is 19.2. The van der Waals surface area contributed by atoms with Crippen molar-refractivity contribution in [1.29, 1.82) is 5.26 Å². The lowest BCUT2D eigenvalue weighted by Gasteiger charge is -2.10. The fourth-order valence-corrected chi connectivity index (χ4v) is 3.10. The van der Waals surface area contributed by atoms with Crippen LogP contribution in [0.15, 0.2) is 53.6 Å². The van der Waals surface area contributed by atoms with Crippen LogP contribution in [-0.4, -0.2) is 21.6 Å². The number of benzene rings is 2. The molecule has 9 heteroatoms. The summed E-state index contributed by atoms with van der Waals surface area (Å²) in [5.41, 5.74) is 0.977. The number of aromatic nitrogens is 2. The van der Waals surface area contributed by atoms with Gasteiger partial charge >= 0.3 is 6.18 Å². The molecule has 0 spiro atoms. The number of alkyl halides is 3. The fraction of sp³-hybridized carbons (Fsp3) is 0.111. The molecule has 0 unspecified atom stereocenters. The molecule has 2 aromatic carbocycles. The highest BCUT2D eigenvalue weighted by atomic mass is 32.2. The number of thioether (sulfide) groups is 1. The van der Waals surface area contributed by atoms with Gasteiger partial charge in [-0.25, -0.2) is 9.97 Å². The maximum Gasteiger partial charge on any atom is 0.451 e. The van der Waals surface area contributed by atoms with E-state index in [-0.39, 0.29) is 16.3 Å². The van der Waals surface area contributed by atoms with Crippen molar-refractivity contribution in [3.05, 3.63) is 59.9 Å². The van der Waals surface area contributed by atoms with Crippen molar-refractivity contribution < 1.29 is 18.0 Å². The Morgan fingerprint density at radius 3 is 2.67 bits per heavy atom. The molecule has 0 fully saturated rings. The Kier molecular flexibility index (Phi) is 5.28. The minimum absolute atomic E-state index is 0.0776. The summed E-state index contributed by atoms with van der Waals surface area (Å²) in [5, 5.41) is 12.0. The molecule has 136 valence electrons. The fourth-order valence-electron chi connectivity index (χ4n) is 2.28. The van der Waals surface area contributed by atoms with Crippen LogP contribution in [-0.2, 0) is 11.0 Å². The summed E-state index contributed by atoms with van der Waals surface area (Å²) in [5.74, 6) is -1.81. The number of carbonyl (C=O) groups is 1. The minimum atomic E-state index is -4.68. The lowest BCUT2D eigenvalue weighted by atomic mass is 10.2. The normalized spacial score (nSPS) is 11.2. The zero-order valence-corrected chi connectivity index (χ0v) is 14.4. The summed E-state index contributed by atoms with van der Waals surface area (Å²) < 4.78 is 39.0. The van der Waals surface area contributed by atoms with Gasteiger partial charge in [-0.2, -0.15) is 18.4 Å². The molecule has 1 N–H and O–H groups in total. The molecule has 5 nitrogen and oxygen atoms in total. The van der Waals surface area contributed by atoms with E-state index in [4.69, 9.17) is 5.26 Å². The highest BCUT2D eigenvalue weighted by Gasteiger charge is 2.35. The molecule has 0 aliphatic carbocycles. The summed E-state index contributed by atoms with van der Waals surface area (Å²) in [7, 11) is 0. The van der Waals surface area contributed by atoms with E-state index in [1.165, 1.54) is 12.1 Å². The predicted molar refractivity (Wildman–Crippen MR) is 95.1 cm³/mol. The Balaban J connectivity index is 1.79. The number of anilines is 1. The van der Waals surface area contributed by atoms with Crippen LogP contribution in [0.4, 0.5) is 18.9 Å². The number of nitrogens with one attached hydrogen (secondary N) is 1. The molecule has 0 saturated carbocycles. The van der Waals surface area contributed by atoms with Gasteiger partial charge in [0, 0.05) is 11.1 Å². The highest BCUT2D eigenvalue weighted by Crippen LogP contribution is 2.32. The number of nitrogens with zero attached hydrogens (tertiary/aromatic N) is 3. The molecule has 0 aliphatic heterocycles. The molecule has 3 aromatic rings. The summed E-state index contributed by atoms with van der Waals surface area (Å²) in [6.45, 7) is 0. The average molecular weight is 388 g/mol. The number of nitriles is 1. The molecule has 1 aromatic heterocycles. The molecular weight excluding hydrogens is 377 g/mol. The van der Waals surface area contributed by atoms with Gasteiger partial charge in [0.2, 0.25) is 11.7 Å².